The maximum atomic E-state index is 11.9. The minimum atomic E-state index is -0.197. The molecule has 1 heterocycles. The third-order valence-corrected chi connectivity index (χ3v) is 2.61. The Labute approximate surface area is 93.8 Å². The largest absolute Gasteiger partial charge is 0.385 e. The van der Waals surface area contributed by atoms with Crippen LogP contribution >= 0.6 is 0 Å². The van der Waals surface area contributed by atoms with E-state index in [0.717, 1.165) is 0 Å². The van der Waals surface area contributed by atoms with Crippen LogP contribution in [0.25, 0.3) is 0 Å². The number of nitrogens with zero attached hydrogens (tertiary/aromatic N) is 1. The van der Waals surface area contributed by atoms with Gasteiger partial charge in [-0.15, -0.1) is 0 Å². The van der Waals surface area contributed by atoms with Crippen molar-refractivity contribution in [2.24, 2.45) is 0 Å². The minimum absolute atomic E-state index is 0.197. The molecule has 0 bridgehead atoms. The molecule has 0 atom stereocenters. The van der Waals surface area contributed by atoms with Gasteiger partial charge in [-0.2, -0.15) is 0 Å². The van der Waals surface area contributed by atoms with Crippen molar-refractivity contribution in [2.45, 2.75) is 6.42 Å². The SMILES string of the molecule is COCCCN1C(=O)c2ccccc2C1=O. The molecule has 4 heteroatoms. The second-order valence-corrected chi connectivity index (χ2v) is 3.65. The number of benzene rings is 1. The number of rotatable bonds is 4. The van der Waals surface area contributed by atoms with Crippen molar-refractivity contribution in [3.63, 3.8) is 0 Å². The van der Waals surface area contributed by atoms with E-state index < -0.39 is 0 Å². The highest BCUT2D eigenvalue weighted by atomic mass is 16.5. The van der Waals surface area contributed by atoms with E-state index in [0.29, 0.717) is 30.7 Å². The number of methoxy groups -OCH3 is 1. The van der Waals surface area contributed by atoms with E-state index in [1.165, 1.54) is 4.90 Å². The summed E-state index contributed by atoms with van der Waals surface area (Å²) in [6.07, 6.45) is 0.669. The molecule has 0 aliphatic carbocycles. The average molecular weight is 219 g/mol. The summed E-state index contributed by atoms with van der Waals surface area (Å²) in [4.78, 5) is 25.0. The summed E-state index contributed by atoms with van der Waals surface area (Å²) in [6, 6.07) is 6.91. The highest BCUT2D eigenvalue weighted by molar-refractivity contribution is 6.21. The van der Waals surface area contributed by atoms with Crippen LogP contribution in [0, 0.1) is 0 Å². The predicted octanol–water partition coefficient (Wildman–Crippen LogP) is 1.32. The zero-order valence-electron chi connectivity index (χ0n) is 9.10. The van der Waals surface area contributed by atoms with Crippen LogP contribution in [0.5, 0.6) is 0 Å². The quantitative estimate of drug-likeness (QED) is 0.566. The number of fused-ring (bicyclic) bond motifs is 1. The molecule has 0 N–H and O–H groups in total. The Morgan fingerprint density at radius 2 is 1.69 bits per heavy atom. The molecule has 0 saturated carbocycles. The Morgan fingerprint density at radius 1 is 1.12 bits per heavy atom. The second kappa shape index (κ2) is 4.45. The summed E-state index contributed by atoms with van der Waals surface area (Å²) >= 11 is 0. The molecule has 1 aromatic rings. The van der Waals surface area contributed by atoms with E-state index >= 15 is 0 Å². The molecule has 84 valence electrons. The fourth-order valence-corrected chi connectivity index (χ4v) is 1.81. The number of ether oxygens (including phenoxy) is 1. The average Bonchev–Trinajstić information content (AvgIpc) is 2.55. The van der Waals surface area contributed by atoms with Crippen LogP contribution in [0.1, 0.15) is 27.1 Å². The molecule has 0 radical (unpaired) electrons. The van der Waals surface area contributed by atoms with Crippen molar-refractivity contribution >= 4 is 11.8 Å². The Bertz CT molecular complexity index is 393. The lowest BCUT2D eigenvalue weighted by Crippen LogP contribution is -2.31. The lowest BCUT2D eigenvalue weighted by atomic mass is 10.1. The zero-order chi connectivity index (χ0) is 11.5. The smallest absolute Gasteiger partial charge is 0.261 e. The molecule has 0 unspecified atom stereocenters. The first-order valence-corrected chi connectivity index (χ1v) is 5.20. The van der Waals surface area contributed by atoms with Gasteiger partial charge < -0.3 is 4.74 Å². The summed E-state index contributed by atoms with van der Waals surface area (Å²) in [6.45, 7) is 0.966. The molecular formula is C12H13NO3. The standard InChI is InChI=1S/C12H13NO3/c1-16-8-4-7-13-11(14)9-5-2-3-6-10(9)12(13)15/h2-3,5-6H,4,7-8H2,1H3. The number of carbonyl (C=O) groups excluding carboxylic acids is 2. The van der Waals surface area contributed by atoms with Gasteiger partial charge in [0, 0.05) is 20.3 Å². The van der Waals surface area contributed by atoms with Gasteiger partial charge in [0.15, 0.2) is 0 Å². The molecule has 0 spiro atoms. The van der Waals surface area contributed by atoms with Crippen LogP contribution in [0.15, 0.2) is 24.3 Å². The molecule has 2 rings (SSSR count). The van der Waals surface area contributed by atoms with Crippen LogP contribution in [0.3, 0.4) is 0 Å². The van der Waals surface area contributed by atoms with Crippen LogP contribution < -0.4 is 0 Å². The third-order valence-electron chi connectivity index (χ3n) is 2.61. The first-order valence-electron chi connectivity index (χ1n) is 5.20. The molecule has 1 aliphatic heterocycles. The van der Waals surface area contributed by atoms with Gasteiger partial charge in [-0.1, -0.05) is 12.1 Å². The lowest BCUT2D eigenvalue weighted by Gasteiger charge is -2.12. The first kappa shape index (κ1) is 10.8. The molecule has 0 fully saturated rings. The first-order chi connectivity index (χ1) is 7.75. The fraction of sp³-hybridized carbons (Fsp3) is 0.333. The van der Waals surface area contributed by atoms with Crippen molar-refractivity contribution in [1.82, 2.24) is 4.90 Å². The summed E-state index contributed by atoms with van der Waals surface area (Å²) < 4.78 is 4.90. The van der Waals surface area contributed by atoms with Gasteiger partial charge in [0.2, 0.25) is 0 Å². The highest BCUT2D eigenvalue weighted by Crippen LogP contribution is 2.22. The number of imide groups is 1. The summed E-state index contributed by atoms with van der Waals surface area (Å²) in [5, 5.41) is 0. The van der Waals surface area contributed by atoms with Crippen molar-refractivity contribution in [3.8, 4) is 0 Å². The van der Waals surface area contributed by atoms with Crippen LogP contribution in [-0.4, -0.2) is 37.0 Å². The van der Waals surface area contributed by atoms with Crippen LogP contribution in [0.2, 0.25) is 0 Å². The minimum Gasteiger partial charge on any atom is -0.385 e. The molecule has 0 saturated heterocycles. The molecule has 4 nitrogen and oxygen atoms in total. The molecule has 0 aromatic heterocycles. The zero-order valence-corrected chi connectivity index (χ0v) is 9.10. The van der Waals surface area contributed by atoms with Gasteiger partial charge in [0.25, 0.3) is 11.8 Å². The molecular weight excluding hydrogens is 206 g/mol. The summed E-state index contributed by atoms with van der Waals surface area (Å²) in [7, 11) is 1.60. The van der Waals surface area contributed by atoms with E-state index in [1.807, 2.05) is 0 Å². The van der Waals surface area contributed by atoms with Crippen LogP contribution in [0.4, 0.5) is 0 Å². The van der Waals surface area contributed by atoms with Crippen molar-refractivity contribution in [1.29, 1.82) is 0 Å². The van der Waals surface area contributed by atoms with Gasteiger partial charge in [0.1, 0.15) is 0 Å². The molecule has 1 aliphatic rings. The Hall–Kier alpha value is -1.68. The predicted molar refractivity (Wildman–Crippen MR) is 58.3 cm³/mol. The van der Waals surface area contributed by atoms with E-state index in [4.69, 9.17) is 4.74 Å². The molecule has 16 heavy (non-hydrogen) atoms. The van der Waals surface area contributed by atoms with Gasteiger partial charge >= 0.3 is 0 Å². The summed E-state index contributed by atoms with van der Waals surface area (Å²) in [5.41, 5.74) is 1.01. The van der Waals surface area contributed by atoms with Gasteiger partial charge in [0.05, 0.1) is 11.1 Å². The van der Waals surface area contributed by atoms with E-state index in [2.05, 4.69) is 0 Å². The highest BCUT2D eigenvalue weighted by Gasteiger charge is 2.34. The van der Waals surface area contributed by atoms with Gasteiger partial charge in [-0.25, -0.2) is 0 Å². The van der Waals surface area contributed by atoms with Crippen LogP contribution in [-0.2, 0) is 4.74 Å². The number of carbonyl (C=O) groups is 2. The Balaban J connectivity index is 2.15. The van der Waals surface area contributed by atoms with E-state index in [9.17, 15) is 9.59 Å². The monoisotopic (exact) mass is 219 g/mol. The van der Waals surface area contributed by atoms with E-state index in [1.54, 1.807) is 31.4 Å². The third kappa shape index (κ3) is 1.72. The van der Waals surface area contributed by atoms with Crippen molar-refractivity contribution < 1.29 is 14.3 Å². The van der Waals surface area contributed by atoms with Crippen molar-refractivity contribution in [2.75, 3.05) is 20.3 Å². The molecule has 1 aromatic carbocycles. The Morgan fingerprint density at radius 3 is 2.19 bits per heavy atom. The maximum Gasteiger partial charge on any atom is 0.261 e. The number of hydrogen-bond donors (Lipinski definition) is 0. The maximum absolute atomic E-state index is 11.9. The van der Waals surface area contributed by atoms with Crippen molar-refractivity contribution in [3.05, 3.63) is 35.4 Å². The number of hydrogen-bond acceptors (Lipinski definition) is 3. The van der Waals surface area contributed by atoms with E-state index in [-0.39, 0.29) is 11.8 Å². The normalized spacial score (nSPS) is 14.4. The topological polar surface area (TPSA) is 46.6 Å². The van der Waals surface area contributed by atoms with Gasteiger partial charge in [-0.05, 0) is 18.6 Å². The van der Waals surface area contributed by atoms with Gasteiger partial charge in [-0.3, -0.25) is 14.5 Å². The Kier molecular flexibility index (Phi) is 3.01. The fourth-order valence-electron chi connectivity index (χ4n) is 1.81. The lowest BCUT2D eigenvalue weighted by molar-refractivity contribution is 0.0638. The second-order valence-electron chi connectivity index (χ2n) is 3.65. The molecule has 2 amide bonds. The number of amides is 2. The summed E-state index contributed by atoms with van der Waals surface area (Å²) in [5.74, 6) is -0.395.